The summed E-state index contributed by atoms with van der Waals surface area (Å²) in [7, 11) is 0. The highest BCUT2D eigenvalue weighted by atomic mass is 35.5. The van der Waals surface area contributed by atoms with Gasteiger partial charge < -0.3 is 9.47 Å². The fourth-order valence-corrected chi connectivity index (χ4v) is 3.19. The van der Waals surface area contributed by atoms with E-state index in [4.69, 9.17) is 21.1 Å². The van der Waals surface area contributed by atoms with Crippen LogP contribution in [0.5, 0.6) is 0 Å². The third-order valence-electron chi connectivity index (χ3n) is 4.12. The van der Waals surface area contributed by atoms with E-state index in [1.165, 1.54) is 18.4 Å². The van der Waals surface area contributed by atoms with E-state index in [0.29, 0.717) is 0 Å². The zero-order valence-electron chi connectivity index (χ0n) is 10.5. The minimum atomic E-state index is -0.226. The molecule has 0 radical (unpaired) electrons. The van der Waals surface area contributed by atoms with Crippen LogP contribution in [-0.4, -0.2) is 19.0 Å². The third kappa shape index (κ3) is 2.71. The van der Waals surface area contributed by atoms with E-state index in [9.17, 15) is 0 Å². The lowest BCUT2D eigenvalue weighted by Gasteiger charge is -2.35. The minimum absolute atomic E-state index is 0.226. The summed E-state index contributed by atoms with van der Waals surface area (Å²) in [5.74, 6) is 0.529. The van der Waals surface area contributed by atoms with Gasteiger partial charge in [-0.25, -0.2) is 0 Å². The molecule has 0 N–H and O–H groups in total. The van der Waals surface area contributed by atoms with Gasteiger partial charge in [0.1, 0.15) is 0 Å². The monoisotopic (exact) mass is 266 g/mol. The molecule has 1 heterocycles. The van der Waals surface area contributed by atoms with Crippen LogP contribution in [0.15, 0.2) is 24.3 Å². The van der Waals surface area contributed by atoms with Crippen LogP contribution in [0.25, 0.3) is 0 Å². The topological polar surface area (TPSA) is 18.5 Å². The van der Waals surface area contributed by atoms with Crippen molar-refractivity contribution in [2.75, 3.05) is 13.2 Å². The van der Waals surface area contributed by atoms with Crippen LogP contribution in [0.4, 0.5) is 0 Å². The summed E-state index contributed by atoms with van der Waals surface area (Å²) in [6, 6.07) is 8.22. The molecule has 1 saturated carbocycles. The highest BCUT2D eigenvalue weighted by Gasteiger charge is 2.40. The van der Waals surface area contributed by atoms with Gasteiger partial charge in [0.15, 0.2) is 5.79 Å². The van der Waals surface area contributed by atoms with Gasteiger partial charge in [-0.05, 0) is 42.9 Å². The van der Waals surface area contributed by atoms with E-state index >= 15 is 0 Å². The molecule has 1 spiro atoms. The van der Waals surface area contributed by atoms with Crippen LogP contribution in [-0.2, 0) is 15.9 Å². The normalized spacial score (nSPS) is 23.6. The predicted octanol–water partition coefficient (Wildman–Crippen LogP) is 3.82. The molecule has 0 bridgehead atoms. The van der Waals surface area contributed by atoms with Crippen molar-refractivity contribution in [1.82, 2.24) is 0 Å². The Bertz CT molecular complexity index is 385. The molecule has 1 aliphatic heterocycles. The summed E-state index contributed by atoms with van der Waals surface area (Å²) in [6.45, 7) is 1.53. The van der Waals surface area contributed by atoms with Crippen LogP contribution in [0, 0.1) is 5.92 Å². The number of halogens is 1. The first-order valence-electron chi connectivity index (χ1n) is 6.78. The number of ether oxygens (including phenoxy) is 2. The maximum atomic E-state index is 5.90. The van der Waals surface area contributed by atoms with Crippen molar-refractivity contribution in [3.8, 4) is 0 Å². The molecule has 18 heavy (non-hydrogen) atoms. The van der Waals surface area contributed by atoms with Gasteiger partial charge in [-0.2, -0.15) is 0 Å². The maximum Gasteiger partial charge on any atom is 0.168 e. The van der Waals surface area contributed by atoms with Crippen molar-refractivity contribution in [3.63, 3.8) is 0 Å². The molecule has 0 amide bonds. The first-order valence-corrected chi connectivity index (χ1v) is 7.16. The van der Waals surface area contributed by atoms with Gasteiger partial charge in [0.05, 0.1) is 13.2 Å². The third-order valence-corrected chi connectivity index (χ3v) is 4.37. The van der Waals surface area contributed by atoms with Gasteiger partial charge in [0.2, 0.25) is 0 Å². The number of rotatable bonds is 2. The Hall–Kier alpha value is -0.570. The molecule has 98 valence electrons. The summed E-state index contributed by atoms with van der Waals surface area (Å²) in [4.78, 5) is 0. The van der Waals surface area contributed by atoms with Crippen molar-refractivity contribution in [2.45, 2.75) is 37.9 Å². The molecule has 1 aromatic rings. The van der Waals surface area contributed by atoms with Gasteiger partial charge in [-0.3, -0.25) is 0 Å². The highest BCUT2D eigenvalue weighted by Crippen LogP contribution is 2.39. The number of hydrogen-bond donors (Lipinski definition) is 0. The second-order valence-corrected chi connectivity index (χ2v) is 5.82. The summed E-state index contributed by atoms with van der Waals surface area (Å²) in [5, 5.41) is 0.814. The number of hydrogen-bond acceptors (Lipinski definition) is 2. The Morgan fingerprint density at radius 3 is 2.28 bits per heavy atom. The van der Waals surface area contributed by atoms with Gasteiger partial charge in [0, 0.05) is 17.9 Å². The molecule has 1 aliphatic carbocycles. The van der Waals surface area contributed by atoms with E-state index < -0.39 is 0 Å². The molecule has 3 heteroatoms. The molecule has 0 unspecified atom stereocenters. The largest absolute Gasteiger partial charge is 0.348 e. The van der Waals surface area contributed by atoms with E-state index in [-0.39, 0.29) is 5.79 Å². The standard InChI is InChI=1S/C15H19ClO2/c16-14-3-1-12(2-4-14)11-13-5-7-15(8-6-13)17-9-10-18-15/h1-4,13H,5-11H2. The van der Waals surface area contributed by atoms with Crippen LogP contribution in [0.2, 0.25) is 5.02 Å². The van der Waals surface area contributed by atoms with E-state index in [1.807, 2.05) is 12.1 Å². The Labute approximate surface area is 113 Å². The van der Waals surface area contributed by atoms with Crippen LogP contribution < -0.4 is 0 Å². The van der Waals surface area contributed by atoms with Crippen LogP contribution in [0.3, 0.4) is 0 Å². The molecule has 1 saturated heterocycles. The van der Waals surface area contributed by atoms with Gasteiger partial charge >= 0.3 is 0 Å². The van der Waals surface area contributed by atoms with Gasteiger partial charge in [-0.15, -0.1) is 0 Å². The van der Waals surface area contributed by atoms with E-state index in [0.717, 1.165) is 43.4 Å². The van der Waals surface area contributed by atoms with Gasteiger partial charge in [-0.1, -0.05) is 23.7 Å². The Morgan fingerprint density at radius 2 is 1.67 bits per heavy atom. The lowest BCUT2D eigenvalue weighted by Crippen LogP contribution is -2.35. The van der Waals surface area contributed by atoms with E-state index in [1.54, 1.807) is 0 Å². The Kier molecular flexibility index (Phi) is 3.60. The molecule has 2 aliphatic rings. The smallest absolute Gasteiger partial charge is 0.168 e. The minimum Gasteiger partial charge on any atom is -0.348 e. The molecule has 3 rings (SSSR count). The maximum absolute atomic E-state index is 5.90. The Morgan fingerprint density at radius 1 is 1.06 bits per heavy atom. The Balaban J connectivity index is 1.55. The van der Waals surface area contributed by atoms with Crippen molar-refractivity contribution in [3.05, 3.63) is 34.9 Å². The average molecular weight is 267 g/mol. The quantitative estimate of drug-likeness (QED) is 0.810. The zero-order valence-corrected chi connectivity index (χ0v) is 11.3. The molecule has 0 aromatic heterocycles. The zero-order chi connectivity index (χ0) is 12.4. The lowest BCUT2D eigenvalue weighted by atomic mass is 9.81. The fraction of sp³-hybridized carbons (Fsp3) is 0.600. The van der Waals surface area contributed by atoms with Gasteiger partial charge in [0.25, 0.3) is 0 Å². The van der Waals surface area contributed by atoms with Crippen molar-refractivity contribution >= 4 is 11.6 Å². The highest BCUT2D eigenvalue weighted by molar-refractivity contribution is 6.30. The SMILES string of the molecule is Clc1ccc(CC2CCC3(CC2)OCCO3)cc1. The lowest BCUT2D eigenvalue weighted by molar-refractivity contribution is -0.182. The predicted molar refractivity (Wildman–Crippen MR) is 71.7 cm³/mol. The molecular formula is C15H19ClO2. The summed E-state index contributed by atoms with van der Waals surface area (Å²) >= 11 is 5.90. The molecule has 2 nitrogen and oxygen atoms in total. The number of benzene rings is 1. The second-order valence-electron chi connectivity index (χ2n) is 5.38. The fourth-order valence-electron chi connectivity index (χ4n) is 3.06. The second kappa shape index (κ2) is 5.20. The summed E-state index contributed by atoms with van der Waals surface area (Å²) in [5.41, 5.74) is 1.38. The van der Waals surface area contributed by atoms with Crippen molar-refractivity contribution < 1.29 is 9.47 Å². The molecular weight excluding hydrogens is 248 g/mol. The van der Waals surface area contributed by atoms with E-state index in [2.05, 4.69) is 12.1 Å². The molecule has 1 aromatic carbocycles. The average Bonchev–Trinajstić information content (AvgIpc) is 2.84. The summed E-state index contributed by atoms with van der Waals surface area (Å²) < 4.78 is 11.5. The molecule has 2 fully saturated rings. The first kappa shape index (κ1) is 12.5. The first-order chi connectivity index (χ1) is 8.76. The molecule has 0 atom stereocenters. The van der Waals surface area contributed by atoms with Crippen molar-refractivity contribution in [1.29, 1.82) is 0 Å². The van der Waals surface area contributed by atoms with Crippen molar-refractivity contribution in [2.24, 2.45) is 5.92 Å². The van der Waals surface area contributed by atoms with Crippen LogP contribution >= 0.6 is 11.6 Å². The summed E-state index contributed by atoms with van der Waals surface area (Å²) in [6.07, 6.45) is 5.63. The van der Waals surface area contributed by atoms with Crippen LogP contribution in [0.1, 0.15) is 31.2 Å².